The lowest BCUT2D eigenvalue weighted by atomic mass is 10.0. The van der Waals surface area contributed by atoms with Gasteiger partial charge in [0, 0.05) is 13.0 Å². The van der Waals surface area contributed by atoms with E-state index >= 15 is 0 Å². The molecule has 3 rings (SSSR count). The van der Waals surface area contributed by atoms with Gasteiger partial charge in [-0.1, -0.05) is 53.7 Å². The van der Waals surface area contributed by atoms with Crippen LogP contribution < -0.4 is 5.32 Å². The summed E-state index contributed by atoms with van der Waals surface area (Å²) in [4.78, 5) is 17.4. The number of oxime groups is 1. The minimum atomic E-state index is -4.46. The molecule has 1 N–H and O–H groups in total. The fourth-order valence-electron chi connectivity index (χ4n) is 2.90. The second-order valence-electron chi connectivity index (χ2n) is 6.31. The van der Waals surface area contributed by atoms with Gasteiger partial charge in [0.1, 0.15) is 0 Å². The number of aryl methyl sites for hydroxylation is 1. The normalized spacial score (nSPS) is 16.6. The highest BCUT2D eigenvalue weighted by molar-refractivity contribution is 5.92. The summed E-state index contributed by atoms with van der Waals surface area (Å²) < 4.78 is 39.0. The van der Waals surface area contributed by atoms with Gasteiger partial charge in [-0.2, -0.15) is 13.2 Å². The number of nitrogens with zero attached hydrogens (tertiary/aromatic N) is 1. The van der Waals surface area contributed by atoms with Gasteiger partial charge >= 0.3 is 6.18 Å². The molecule has 2 aromatic rings. The molecular formula is C20H19F3N2O2. The molecule has 0 saturated heterocycles. The number of carbonyl (C=O) groups is 1. The lowest BCUT2D eigenvalue weighted by Crippen LogP contribution is -2.34. The van der Waals surface area contributed by atoms with Crippen LogP contribution >= 0.6 is 0 Å². The first-order valence-corrected chi connectivity index (χ1v) is 8.62. The molecule has 4 nitrogen and oxygen atoms in total. The SMILES string of the molecule is O=C(NCc1ccccc1C(F)(F)F)C1CC(CCc2ccccc2)=NO1. The van der Waals surface area contributed by atoms with Gasteiger partial charge < -0.3 is 10.2 Å². The van der Waals surface area contributed by atoms with E-state index in [1.165, 1.54) is 18.2 Å². The first kappa shape index (κ1) is 18.9. The highest BCUT2D eigenvalue weighted by atomic mass is 19.4. The lowest BCUT2D eigenvalue weighted by Gasteiger charge is -2.14. The standard InChI is InChI=1S/C20H19F3N2O2/c21-20(22,23)17-9-5-4-8-15(17)13-24-19(26)18-12-16(25-27-18)11-10-14-6-2-1-3-7-14/h1-9,18H,10-13H2,(H,24,26). The third-order valence-electron chi connectivity index (χ3n) is 4.34. The number of nitrogens with one attached hydrogen (secondary N) is 1. The average Bonchev–Trinajstić information content (AvgIpc) is 3.14. The van der Waals surface area contributed by atoms with Crippen LogP contribution in [0.3, 0.4) is 0 Å². The van der Waals surface area contributed by atoms with Crippen LogP contribution in [0, 0.1) is 0 Å². The van der Waals surface area contributed by atoms with E-state index in [1.54, 1.807) is 0 Å². The number of hydrogen-bond donors (Lipinski definition) is 1. The summed E-state index contributed by atoms with van der Waals surface area (Å²) >= 11 is 0. The second kappa shape index (κ2) is 8.24. The van der Waals surface area contributed by atoms with Crippen LogP contribution in [0.15, 0.2) is 59.8 Å². The van der Waals surface area contributed by atoms with Crippen molar-refractivity contribution in [3.63, 3.8) is 0 Å². The van der Waals surface area contributed by atoms with E-state index in [2.05, 4.69) is 10.5 Å². The van der Waals surface area contributed by atoms with E-state index in [0.717, 1.165) is 23.8 Å². The Morgan fingerprint density at radius 2 is 1.78 bits per heavy atom. The maximum atomic E-state index is 13.0. The number of amides is 1. The number of carbonyl (C=O) groups excluding carboxylic acids is 1. The van der Waals surface area contributed by atoms with Crippen LogP contribution in [0.1, 0.15) is 29.5 Å². The van der Waals surface area contributed by atoms with Gasteiger partial charge in [0.25, 0.3) is 5.91 Å². The molecule has 1 amide bonds. The van der Waals surface area contributed by atoms with E-state index in [-0.39, 0.29) is 12.1 Å². The molecule has 1 unspecified atom stereocenters. The van der Waals surface area contributed by atoms with Gasteiger partial charge in [0.15, 0.2) is 0 Å². The molecule has 27 heavy (non-hydrogen) atoms. The summed E-state index contributed by atoms with van der Waals surface area (Å²) in [7, 11) is 0. The van der Waals surface area contributed by atoms with Crippen molar-refractivity contribution in [3.8, 4) is 0 Å². The van der Waals surface area contributed by atoms with Crippen molar-refractivity contribution in [2.75, 3.05) is 0 Å². The van der Waals surface area contributed by atoms with E-state index in [1.807, 2.05) is 30.3 Å². The Labute approximate surface area is 155 Å². The number of alkyl halides is 3. The molecule has 0 aliphatic carbocycles. The molecule has 1 atom stereocenters. The highest BCUT2D eigenvalue weighted by Crippen LogP contribution is 2.31. The quantitative estimate of drug-likeness (QED) is 0.825. The minimum Gasteiger partial charge on any atom is -0.382 e. The maximum absolute atomic E-state index is 13.0. The Morgan fingerprint density at radius 1 is 1.07 bits per heavy atom. The molecule has 1 aliphatic rings. The Hall–Kier alpha value is -2.83. The first-order chi connectivity index (χ1) is 12.9. The van der Waals surface area contributed by atoms with Crippen molar-refractivity contribution < 1.29 is 22.8 Å². The Bertz CT molecular complexity index is 819. The zero-order valence-electron chi connectivity index (χ0n) is 14.5. The predicted molar refractivity (Wildman–Crippen MR) is 95.0 cm³/mol. The predicted octanol–water partition coefficient (Wildman–Crippen LogP) is 4.10. The summed E-state index contributed by atoms with van der Waals surface area (Å²) in [6.07, 6.45) is -3.45. The third-order valence-corrected chi connectivity index (χ3v) is 4.34. The molecule has 0 bridgehead atoms. The summed E-state index contributed by atoms with van der Waals surface area (Å²) in [5, 5.41) is 6.45. The minimum absolute atomic E-state index is 0.0153. The van der Waals surface area contributed by atoms with Gasteiger partial charge in [-0.3, -0.25) is 4.79 Å². The first-order valence-electron chi connectivity index (χ1n) is 8.62. The van der Waals surface area contributed by atoms with Crippen molar-refractivity contribution in [1.82, 2.24) is 5.32 Å². The van der Waals surface area contributed by atoms with E-state index < -0.39 is 23.8 Å². The highest BCUT2D eigenvalue weighted by Gasteiger charge is 2.33. The maximum Gasteiger partial charge on any atom is 0.416 e. The number of halogens is 3. The van der Waals surface area contributed by atoms with Gasteiger partial charge in [-0.15, -0.1) is 0 Å². The molecule has 0 saturated carbocycles. The van der Waals surface area contributed by atoms with Gasteiger partial charge in [-0.05, 0) is 30.0 Å². The summed E-state index contributed by atoms with van der Waals surface area (Å²) in [5.41, 5.74) is 1.20. The fraction of sp³-hybridized carbons (Fsp3) is 0.300. The molecule has 0 fully saturated rings. The molecule has 0 aromatic heterocycles. The van der Waals surface area contributed by atoms with Gasteiger partial charge in [0.2, 0.25) is 6.10 Å². The third kappa shape index (κ3) is 5.09. The van der Waals surface area contributed by atoms with Crippen LogP contribution in [0.25, 0.3) is 0 Å². The van der Waals surface area contributed by atoms with E-state index in [0.29, 0.717) is 12.8 Å². The van der Waals surface area contributed by atoms with E-state index in [4.69, 9.17) is 4.84 Å². The Balaban J connectivity index is 1.49. The van der Waals surface area contributed by atoms with Crippen LogP contribution in [-0.2, 0) is 28.8 Å². The molecule has 1 aliphatic heterocycles. The smallest absolute Gasteiger partial charge is 0.382 e. The number of rotatable bonds is 6. The number of benzene rings is 2. The van der Waals surface area contributed by atoms with Crippen molar-refractivity contribution in [1.29, 1.82) is 0 Å². The summed E-state index contributed by atoms with van der Waals surface area (Å²) in [6.45, 7) is -0.215. The average molecular weight is 376 g/mol. The summed E-state index contributed by atoms with van der Waals surface area (Å²) in [6, 6.07) is 15.1. The van der Waals surface area contributed by atoms with Gasteiger partial charge in [-0.25, -0.2) is 0 Å². The van der Waals surface area contributed by atoms with Crippen molar-refractivity contribution in [2.24, 2.45) is 5.16 Å². The van der Waals surface area contributed by atoms with Crippen molar-refractivity contribution in [2.45, 2.75) is 38.1 Å². The molecule has 1 heterocycles. The van der Waals surface area contributed by atoms with Gasteiger partial charge in [0.05, 0.1) is 11.3 Å². The fourth-order valence-corrected chi connectivity index (χ4v) is 2.90. The van der Waals surface area contributed by atoms with Crippen LogP contribution in [-0.4, -0.2) is 17.7 Å². The Morgan fingerprint density at radius 3 is 2.52 bits per heavy atom. The molecule has 0 radical (unpaired) electrons. The van der Waals surface area contributed by atoms with Crippen molar-refractivity contribution >= 4 is 11.6 Å². The zero-order chi connectivity index (χ0) is 19.3. The van der Waals surface area contributed by atoms with Crippen LogP contribution in [0.4, 0.5) is 13.2 Å². The largest absolute Gasteiger partial charge is 0.416 e. The summed E-state index contributed by atoms with van der Waals surface area (Å²) in [5.74, 6) is -0.467. The lowest BCUT2D eigenvalue weighted by molar-refractivity contribution is -0.139. The zero-order valence-corrected chi connectivity index (χ0v) is 14.5. The molecule has 142 valence electrons. The molecular weight excluding hydrogens is 357 g/mol. The Kier molecular flexibility index (Phi) is 5.78. The number of hydrogen-bond acceptors (Lipinski definition) is 3. The second-order valence-corrected chi connectivity index (χ2v) is 6.31. The van der Waals surface area contributed by atoms with E-state index in [9.17, 15) is 18.0 Å². The molecule has 2 aromatic carbocycles. The molecule has 7 heteroatoms. The monoisotopic (exact) mass is 376 g/mol. The molecule has 0 spiro atoms. The van der Waals surface area contributed by atoms with Crippen molar-refractivity contribution in [3.05, 3.63) is 71.3 Å². The topological polar surface area (TPSA) is 50.7 Å². The van der Waals surface area contributed by atoms with Crippen LogP contribution in [0.2, 0.25) is 0 Å². The van der Waals surface area contributed by atoms with Crippen LogP contribution in [0.5, 0.6) is 0 Å².